The largest absolute Gasteiger partial charge is 0.378 e. The minimum Gasteiger partial charge on any atom is -0.378 e. The number of rotatable bonds is 5. The molecule has 0 aliphatic carbocycles. The molecule has 2 aromatic carbocycles. The van der Waals surface area contributed by atoms with E-state index in [4.69, 9.17) is 4.74 Å². The number of amides is 1. The summed E-state index contributed by atoms with van der Waals surface area (Å²) < 4.78 is 5.45. The van der Waals surface area contributed by atoms with Crippen molar-refractivity contribution in [3.63, 3.8) is 0 Å². The molecule has 1 N–H and O–H groups in total. The molecule has 1 atom stereocenters. The number of ether oxygens (including phenoxy) is 1. The number of benzene rings is 2. The number of para-hydroxylation sites is 1. The Balaban J connectivity index is 0.00000208. The zero-order chi connectivity index (χ0) is 15.9. The van der Waals surface area contributed by atoms with Crippen LogP contribution in [0.3, 0.4) is 0 Å². The first-order valence-corrected chi connectivity index (χ1v) is 8.03. The van der Waals surface area contributed by atoms with Crippen molar-refractivity contribution in [1.82, 2.24) is 5.32 Å². The maximum Gasteiger partial charge on any atom is 0.228 e. The Hall–Kier alpha value is -1.88. The Morgan fingerprint density at radius 2 is 1.75 bits per heavy atom. The normalized spacial score (nSPS) is 16.9. The van der Waals surface area contributed by atoms with Gasteiger partial charge in [-0.1, -0.05) is 48.5 Å². The molecule has 1 unspecified atom stereocenters. The fourth-order valence-corrected chi connectivity index (χ4v) is 2.77. The van der Waals surface area contributed by atoms with Crippen LogP contribution in [0, 0.1) is 0 Å². The van der Waals surface area contributed by atoms with Crippen LogP contribution >= 0.6 is 12.4 Å². The van der Waals surface area contributed by atoms with E-state index in [1.807, 2.05) is 65.6 Å². The summed E-state index contributed by atoms with van der Waals surface area (Å²) in [5.74, 6) is 0.114. The maximum atomic E-state index is 12.8. The summed E-state index contributed by atoms with van der Waals surface area (Å²) in [6.45, 7) is 2.70. The highest BCUT2D eigenvalue weighted by atomic mass is 35.5. The molecule has 4 nitrogen and oxygen atoms in total. The summed E-state index contributed by atoms with van der Waals surface area (Å²) in [7, 11) is 0. The first-order valence-electron chi connectivity index (χ1n) is 8.03. The summed E-state index contributed by atoms with van der Waals surface area (Å²) in [6.07, 6.45) is 0.446. The third-order valence-electron chi connectivity index (χ3n) is 3.97. The lowest BCUT2D eigenvalue weighted by molar-refractivity contribution is -0.119. The number of morpholine rings is 1. The van der Waals surface area contributed by atoms with Gasteiger partial charge in [-0.25, -0.2) is 0 Å². The Labute approximate surface area is 149 Å². The van der Waals surface area contributed by atoms with Crippen molar-refractivity contribution in [2.24, 2.45) is 0 Å². The first-order chi connectivity index (χ1) is 11.3. The summed E-state index contributed by atoms with van der Waals surface area (Å²) in [6, 6.07) is 20.0. The SMILES string of the molecule is Cl.O=C(CC1COCCN1)N(Cc1ccccc1)c1ccccc1. The van der Waals surface area contributed by atoms with E-state index >= 15 is 0 Å². The minimum absolute atomic E-state index is 0. The Morgan fingerprint density at radius 1 is 1.08 bits per heavy atom. The molecule has 1 saturated heterocycles. The molecule has 1 amide bonds. The van der Waals surface area contributed by atoms with Gasteiger partial charge in [-0.15, -0.1) is 12.4 Å². The van der Waals surface area contributed by atoms with Crippen LogP contribution in [0.25, 0.3) is 0 Å². The quantitative estimate of drug-likeness (QED) is 0.904. The zero-order valence-corrected chi connectivity index (χ0v) is 14.4. The molecule has 128 valence electrons. The smallest absolute Gasteiger partial charge is 0.228 e. The van der Waals surface area contributed by atoms with Crippen LogP contribution in [0.1, 0.15) is 12.0 Å². The minimum atomic E-state index is 0. The number of nitrogens with zero attached hydrogens (tertiary/aromatic N) is 1. The highest BCUT2D eigenvalue weighted by molar-refractivity contribution is 5.93. The third kappa shape index (κ3) is 5.06. The second kappa shape index (κ2) is 9.42. The molecule has 1 fully saturated rings. The molecule has 0 saturated carbocycles. The monoisotopic (exact) mass is 346 g/mol. The summed E-state index contributed by atoms with van der Waals surface area (Å²) >= 11 is 0. The first kappa shape index (κ1) is 18.5. The average Bonchev–Trinajstić information content (AvgIpc) is 2.62. The predicted octanol–water partition coefficient (Wildman–Crippen LogP) is 3.02. The lowest BCUT2D eigenvalue weighted by atomic mass is 10.1. The van der Waals surface area contributed by atoms with Gasteiger partial charge in [0.2, 0.25) is 5.91 Å². The number of carbonyl (C=O) groups excluding carboxylic acids is 1. The zero-order valence-electron chi connectivity index (χ0n) is 13.6. The molecule has 1 aliphatic rings. The van der Waals surface area contributed by atoms with E-state index in [-0.39, 0.29) is 24.4 Å². The van der Waals surface area contributed by atoms with Gasteiger partial charge in [0.1, 0.15) is 0 Å². The molecular formula is C19H23ClN2O2. The molecule has 5 heteroatoms. The summed E-state index contributed by atoms with van der Waals surface area (Å²) in [5.41, 5.74) is 2.05. The highest BCUT2D eigenvalue weighted by Crippen LogP contribution is 2.19. The van der Waals surface area contributed by atoms with Gasteiger partial charge in [-0.05, 0) is 17.7 Å². The van der Waals surface area contributed by atoms with E-state index in [0.29, 0.717) is 19.6 Å². The molecular weight excluding hydrogens is 324 g/mol. The van der Waals surface area contributed by atoms with Crippen molar-refractivity contribution >= 4 is 24.0 Å². The lowest BCUT2D eigenvalue weighted by Gasteiger charge is -2.28. The second-order valence-electron chi connectivity index (χ2n) is 5.73. The van der Waals surface area contributed by atoms with Crippen LogP contribution in [-0.4, -0.2) is 31.7 Å². The van der Waals surface area contributed by atoms with E-state index in [0.717, 1.165) is 24.4 Å². The fourth-order valence-electron chi connectivity index (χ4n) is 2.77. The van der Waals surface area contributed by atoms with E-state index in [2.05, 4.69) is 5.32 Å². The number of anilines is 1. The molecule has 0 spiro atoms. The van der Waals surface area contributed by atoms with Gasteiger partial charge in [0.25, 0.3) is 0 Å². The van der Waals surface area contributed by atoms with Crippen LogP contribution in [0.4, 0.5) is 5.69 Å². The fraction of sp³-hybridized carbons (Fsp3) is 0.316. The van der Waals surface area contributed by atoms with Crippen LogP contribution in [0.2, 0.25) is 0 Å². The van der Waals surface area contributed by atoms with E-state index in [9.17, 15) is 4.79 Å². The topological polar surface area (TPSA) is 41.6 Å². The Bertz CT molecular complexity index is 616. The lowest BCUT2D eigenvalue weighted by Crippen LogP contribution is -2.45. The third-order valence-corrected chi connectivity index (χ3v) is 3.97. The second-order valence-corrected chi connectivity index (χ2v) is 5.73. The molecule has 0 radical (unpaired) electrons. The summed E-state index contributed by atoms with van der Waals surface area (Å²) in [5, 5.41) is 3.35. The van der Waals surface area contributed by atoms with Crippen LogP contribution < -0.4 is 10.2 Å². The van der Waals surface area contributed by atoms with E-state index in [1.165, 1.54) is 0 Å². The number of nitrogens with one attached hydrogen (secondary N) is 1. The van der Waals surface area contributed by atoms with Gasteiger partial charge < -0.3 is 15.0 Å². The summed E-state index contributed by atoms with van der Waals surface area (Å²) in [4.78, 5) is 14.7. The number of halogens is 1. The molecule has 24 heavy (non-hydrogen) atoms. The van der Waals surface area contributed by atoms with Gasteiger partial charge >= 0.3 is 0 Å². The Morgan fingerprint density at radius 3 is 2.38 bits per heavy atom. The van der Waals surface area contributed by atoms with Crippen LogP contribution in [0.15, 0.2) is 60.7 Å². The van der Waals surface area contributed by atoms with Gasteiger partial charge in [-0.3, -0.25) is 4.79 Å². The standard InChI is InChI=1S/C19H22N2O2.ClH/c22-19(13-17-15-23-12-11-20-17)21(18-9-5-2-6-10-18)14-16-7-3-1-4-8-16;/h1-10,17,20H,11-15H2;1H. The van der Waals surface area contributed by atoms with Crippen LogP contribution in [0.5, 0.6) is 0 Å². The number of hydrogen-bond donors (Lipinski definition) is 1. The highest BCUT2D eigenvalue weighted by Gasteiger charge is 2.22. The Kier molecular flexibility index (Phi) is 7.25. The number of hydrogen-bond acceptors (Lipinski definition) is 3. The van der Waals surface area contributed by atoms with Crippen LogP contribution in [-0.2, 0) is 16.1 Å². The van der Waals surface area contributed by atoms with E-state index < -0.39 is 0 Å². The molecule has 2 aromatic rings. The predicted molar refractivity (Wildman–Crippen MR) is 98.5 cm³/mol. The molecule has 1 heterocycles. The van der Waals surface area contributed by atoms with E-state index in [1.54, 1.807) is 0 Å². The van der Waals surface area contributed by atoms with Gasteiger partial charge in [0, 0.05) is 24.7 Å². The van der Waals surface area contributed by atoms with Crippen molar-refractivity contribution < 1.29 is 9.53 Å². The van der Waals surface area contributed by atoms with Gasteiger partial charge in [0.05, 0.1) is 19.8 Å². The molecule has 0 bridgehead atoms. The van der Waals surface area contributed by atoms with Crippen molar-refractivity contribution in [3.8, 4) is 0 Å². The van der Waals surface area contributed by atoms with Crippen molar-refractivity contribution in [1.29, 1.82) is 0 Å². The van der Waals surface area contributed by atoms with Gasteiger partial charge in [0.15, 0.2) is 0 Å². The van der Waals surface area contributed by atoms with Crippen molar-refractivity contribution in [2.45, 2.75) is 19.0 Å². The molecule has 0 aromatic heterocycles. The molecule has 1 aliphatic heterocycles. The number of carbonyl (C=O) groups is 1. The average molecular weight is 347 g/mol. The van der Waals surface area contributed by atoms with Gasteiger partial charge in [-0.2, -0.15) is 0 Å². The van der Waals surface area contributed by atoms with Crippen molar-refractivity contribution in [2.75, 3.05) is 24.7 Å². The molecule has 3 rings (SSSR count). The van der Waals surface area contributed by atoms with Crippen molar-refractivity contribution in [3.05, 3.63) is 66.2 Å². The maximum absolute atomic E-state index is 12.8.